The van der Waals surface area contributed by atoms with Crippen molar-refractivity contribution in [1.82, 2.24) is 14.5 Å². The molecule has 0 unspecified atom stereocenters. The van der Waals surface area contributed by atoms with Crippen molar-refractivity contribution in [2.45, 2.75) is 78.1 Å². The fourth-order valence-corrected chi connectivity index (χ4v) is 9.11. The van der Waals surface area contributed by atoms with Gasteiger partial charge >= 0.3 is 0 Å². The normalized spacial score (nSPS) is 14.9. The van der Waals surface area contributed by atoms with E-state index in [2.05, 4.69) is 145 Å². The van der Waals surface area contributed by atoms with Crippen LogP contribution in [0, 0.1) is 0 Å². The van der Waals surface area contributed by atoms with Crippen LogP contribution in [0.5, 0.6) is 5.75 Å². The van der Waals surface area contributed by atoms with Gasteiger partial charge in [0, 0.05) is 27.5 Å². The second kappa shape index (κ2) is 11.3. The molecule has 52 heavy (non-hydrogen) atoms. The first kappa shape index (κ1) is 32.4. The smallest absolute Gasteiger partial charge is 0.145 e. The summed E-state index contributed by atoms with van der Waals surface area (Å²) in [5, 5.41) is 10.8. The lowest BCUT2D eigenvalue weighted by molar-refractivity contribution is 0.477. The third kappa shape index (κ3) is 4.46. The van der Waals surface area contributed by atoms with E-state index in [4.69, 9.17) is 9.97 Å². The van der Waals surface area contributed by atoms with Crippen LogP contribution in [0.2, 0.25) is 0 Å². The zero-order valence-electron chi connectivity index (χ0n) is 31.3. The maximum absolute atomic E-state index is 10.8. The highest BCUT2D eigenvalue weighted by Gasteiger charge is 2.44. The fourth-order valence-electron chi connectivity index (χ4n) is 9.11. The first-order valence-corrected chi connectivity index (χ1v) is 18.6. The number of pyridine rings is 1. The Balaban J connectivity index is 1.32. The van der Waals surface area contributed by atoms with Crippen molar-refractivity contribution < 1.29 is 5.11 Å². The number of fused-ring (bicyclic) bond motifs is 8. The molecule has 2 heterocycles. The van der Waals surface area contributed by atoms with Crippen molar-refractivity contribution in [3.8, 4) is 56.5 Å². The SMILES string of the molecule is CC(C)c1cccc(C(C)C)c1-n1c(-c2ccc3c(c2)-c2c(ccc4c2-c2nc(-c5ccccc5O)ccc2C4(C)C)C3(C)C)nc2ccccc21. The number of phenols is 1. The van der Waals surface area contributed by atoms with Gasteiger partial charge in [-0.3, -0.25) is 4.57 Å². The molecule has 4 nitrogen and oxygen atoms in total. The van der Waals surface area contributed by atoms with Gasteiger partial charge in [0.25, 0.3) is 0 Å². The number of nitrogens with zero attached hydrogens (tertiary/aromatic N) is 3. The second-order valence-corrected chi connectivity index (χ2v) is 16.4. The molecule has 2 aliphatic carbocycles. The molecule has 1 N–H and O–H groups in total. The molecule has 2 aliphatic rings. The van der Waals surface area contributed by atoms with E-state index < -0.39 is 0 Å². The van der Waals surface area contributed by atoms with Gasteiger partial charge in [-0.05, 0) is 92.7 Å². The molecule has 7 aromatic rings. The van der Waals surface area contributed by atoms with Gasteiger partial charge in [-0.1, -0.05) is 128 Å². The lowest BCUT2D eigenvalue weighted by Crippen LogP contribution is -2.17. The standard InChI is InChI=1S/C48H45N3O/c1-27(2)30-15-13-16-31(28(3)4)45(30)51-40-18-11-10-17-39(40)50-46(51)29-20-21-34-33(26-29)42-35(47(34,5)6)22-23-36-43(42)44-37(48(36,7)8)24-25-38(49-44)32-14-9-12-19-41(32)52/h9-28,52H,1-8H3. The number of para-hydroxylation sites is 4. The molecule has 0 saturated carbocycles. The Bertz CT molecular complexity index is 2570. The van der Waals surface area contributed by atoms with Crippen molar-refractivity contribution in [3.05, 3.63) is 143 Å². The molecule has 0 atom stereocenters. The van der Waals surface area contributed by atoms with Crippen molar-refractivity contribution in [2.24, 2.45) is 0 Å². The average molecular weight is 680 g/mol. The average Bonchev–Trinajstić information content (AvgIpc) is 3.71. The summed E-state index contributed by atoms with van der Waals surface area (Å²) >= 11 is 0. The van der Waals surface area contributed by atoms with Gasteiger partial charge in [0.1, 0.15) is 11.6 Å². The van der Waals surface area contributed by atoms with E-state index in [0.717, 1.165) is 39.4 Å². The van der Waals surface area contributed by atoms with Crippen LogP contribution in [0.3, 0.4) is 0 Å². The quantitative estimate of drug-likeness (QED) is 0.197. The molecule has 0 bridgehead atoms. The third-order valence-electron chi connectivity index (χ3n) is 11.9. The number of hydrogen-bond acceptors (Lipinski definition) is 3. The summed E-state index contributed by atoms with van der Waals surface area (Å²) in [6.07, 6.45) is 0. The first-order chi connectivity index (χ1) is 24.9. The number of aromatic nitrogens is 3. The van der Waals surface area contributed by atoms with Crippen molar-refractivity contribution in [2.75, 3.05) is 0 Å². The van der Waals surface area contributed by atoms with Crippen LogP contribution < -0.4 is 0 Å². The summed E-state index contributed by atoms with van der Waals surface area (Å²) in [7, 11) is 0. The van der Waals surface area contributed by atoms with Crippen LogP contribution in [-0.4, -0.2) is 19.6 Å². The van der Waals surface area contributed by atoms with E-state index >= 15 is 0 Å². The Morgan fingerprint density at radius 2 is 1.19 bits per heavy atom. The molecule has 5 aromatic carbocycles. The first-order valence-electron chi connectivity index (χ1n) is 18.6. The van der Waals surface area contributed by atoms with Gasteiger partial charge in [0.15, 0.2) is 0 Å². The van der Waals surface area contributed by atoms with Gasteiger partial charge in [0.05, 0.1) is 28.1 Å². The molecule has 9 rings (SSSR count). The van der Waals surface area contributed by atoms with Gasteiger partial charge in [-0.2, -0.15) is 0 Å². The highest BCUT2D eigenvalue weighted by atomic mass is 16.3. The summed E-state index contributed by atoms with van der Waals surface area (Å²) in [5.41, 5.74) is 18.1. The van der Waals surface area contributed by atoms with Gasteiger partial charge in [0.2, 0.25) is 0 Å². The molecule has 0 saturated heterocycles. The summed E-state index contributed by atoms with van der Waals surface area (Å²) in [5.74, 6) is 1.89. The second-order valence-electron chi connectivity index (χ2n) is 16.4. The lowest BCUT2D eigenvalue weighted by atomic mass is 9.79. The summed E-state index contributed by atoms with van der Waals surface area (Å²) < 4.78 is 2.43. The molecule has 0 fully saturated rings. The Morgan fingerprint density at radius 3 is 1.90 bits per heavy atom. The molecule has 0 amide bonds. The zero-order valence-corrected chi connectivity index (χ0v) is 31.3. The third-order valence-corrected chi connectivity index (χ3v) is 11.9. The number of phenolic OH excluding ortho intramolecular Hbond substituents is 1. The summed E-state index contributed by atoms with van der Waals surface area (Å²) in [6.45, 7) is 18.5. The Hall–Kier alpha value is -5.48. The molecular formula is C48H45N3O. The molecule has 0 radical (unpaired) electrons. The van der Waals surface area contributed by atoms with E-state index in [1.165, 1.54) is 55.8 Å². The van der Waals surface area contributed by atoms with E-state index in [9.17, 15) is 5.11 Å². The van der Waals surface area contributed by atoms with Gasteiger partial charge in [-0.25, -0.2) is 9.97 Å². The number of rotatable bonds is 5. The minimum Gasteiger partial charge on any atom is -0.507 e. The van der Waals surface area contributed by atoms with Crippen molar-refractivity contribution >= 4 is 11.0 Å². The maximum Gasteiger partial charge on any atom is 0.145 e. The van der Waals surface area contributed by atoms with Crippen LogP contribution in [0.15, 0.2) is 109 Å². The maximum atomic E-state index is 10.8. The van der Waals surface area contributed by atoms with E-state index in [0.29, 0.717) is 11.8 Å². The van der Waals surface area contributed by atoms with Crippen molar-refractivity contribution in [3.63, 3.8) is 0 Å². The van der Waals surface area contributed by atoms with Crippen LogP contribution >= 0.6 is 0 Å². The molecule has 258 valence electrons. The number of hydrogen-bond donors (Lipinski definition) is 1. The fraction of sp³-hybridized carbons (Fsp3) is 0.250. The zero-order chi connectivity index (χ0) is 36.3. The molecule has 4 heteroatoms. The monoisotopic (exact) mass is 679 g/mol. The summed E-state index contributed by atoms with van der Waals surface area (Å²) in [4.78, 5) is 10.7. The molecule has 0 spiro atoms. The highest BCUT2D eigenvalue weighted by molar-refractivity contribution is 5.99. The topological polar surface area (TPSA) is 50.9 Å². The van der Waals surface area contributed by atoms with Crippen LogP contribution in [-0.2, 0) is 10.8 Å². The molecule has 0 aliphatic heterocycles. The van der Waals surface area contributed by atoms with Crippen LogP contribution in [0.25, 0.3) is 61.8 Å². The van der Waals surface area contributed by atoms with Gasteiger partial charge < -0.3 is 5.11 Å². The lowest BCUT2D eigenvalue weighted by Gasteiger charge is -2.24. The molecular weight excluding hydrogens is 635 g/mol. The molecule has 2 aromatic heterocycles. The highest BCUT2D eigenvalue weighted by Crippen LogP contribution is 2.59. The largest absolute Gasteiger partial charge is 0.507 e. The minimum absolute atomic E-state index is 0.199. The van der Waals surface area contributed by atoms with Crippen molar-refractivity contribution in [1.29, 1.82) is 0 Å². The van der Waals surface area contributed by atoms with E-state index in [1.54, 1.807) is 6.07 Å². The minimum atomic E-state index is -0.226. The Labute approximate surface area is 306 Å². The Kier molecular flexibility index (Phi) is 7.02. The van der Waals surface area contributed by atoms with Gasteiger partial charge in [-0.15, -0.1) is 0 Å². The Morgan fingerprint density at radius 1 is 0.577 bits per heavy atom. The van der Waals surface area contributed by atoms with Crippen LogP contribution in [0.1, 0.15) is 101 Å². The van der Waals surface area contributed by atoms with E-state index in [1.807, 2.05) is 18.2 Å². The van der Waals surface area contributed by atoms with Crippen LogP contribution in [0.4, 0.5) is 0 Å². The predicted molar refractivity (Wildman–Crippen MR) is 215 cm³/mol. The predicted octanol–water partition coefficient (Wildman–Crippen LogP) is 12.3. The number of imidazole rings is 1. The number of benzene rings is 5. The van der Waals surface area contributed by atoms with E-state index in [-0.39, 0.29) is 16.6 Å². The number of aromatic hydroxyl groups is 1. The summed E-state index contributed by atoms with van der Waals surface area (Å²) in [6, 6.07) is 38.8.